The fourth-order valence-corrected chi connectivity index (χ4v) is 5.23. The number of para-hydroxylation sites is 1. The minimum Gasteiger partial charge on any atom is -0.379 e. The molecule has 5 rings (SSSR count). The van der Waals surface area contributed by atoms with Gasteiger partial charge in [-0.15, -0.1) is 0 Å². The normalized spacial score (nSPS) is 14.3. The van der Waals surface area contributed by atoms with Crippen molar-refractivity contribution >= 4 is 33.4 Å². The molecule has 3 aromatic carbocycles. The number of aryl methyl sites for hydroxylation is 1. The largest absolute Gasteiger partial charge is 0.379 e. The molecule has 1 fully saturated rings. The van der Waals surface area contributed by atoms with E-state index in [4.69, 9.17) is 4.74 Å². The van der Waals surface area contributed by atoms with E-state index in [-0.39, 0.29) is 11.6 Å². The Morgan fingerprint density at radius 1 is 1.00 bits per heavy atom. The van der Waals surface area contributed by atoms with E-state index in [2.05, 4.69) is 58.9 Å². The van der Waals surface area contributed by atoms with Crippen LogP contribution in [-0.4, -0.2) is 64.6 Å². The van der Waals surface area contributed by atoms with Crippen LogP contribution >= 0.6 is 0 Å². The summed E-state index contributed by atoms with van der Waals surface area (Å²) in [7, 11) is 0. The van der Waals surface area contributed by atoms with Gasteiger partial charge in [-0.05, 0) is 49.2 Å². The Morgan fingerprint density at radius 3 is 2.46 bits per heavy atom. The average molecular weight is 501 g/mol. The van der Waals surface area contributed by atoms with Crippen molar-refractivity contribution in [3.05, 3.63) is 88.0 Å². The van der Waals surface area contributed by atoms with Crippen molar-refractivity contribution in [2.45, 2.75) is 26.4 Å². The number of nitro benzene ring substituents is 1. The smallest absolute Gasteiger partial charge is 0.269 e. The summed E-state index contributed by atoms with van der Waals surface area (Å²) in [5.41, 5.74) is 3.90. The molecule has 1 aromatic heterocycles. The molecule has 37 heavy (non-hydrogen) atoms. The third-order valence-electron chi connectivity index (χ3n) is 7.14. The first-order valence-corrected chi connectivity index (χ1v) is 12.9. The van der Waals surface area contributed by atoms with E-state index in [9.17, 15) is 14.9 Å². The molecule has 0 saturated carbocycles. The van der Waals surface area contributed by atoms with Crippen molar-refractivity contribution in [2.24, 2.45) is 0 Å². The molecule has 192 valence electrons. The molecule has 0 unspecified atom stereocenters. The number of hydrogen-bond acceptors (Lipinski definition) is 5. The number of benzene rings is 3. The Kier molecular flexibility index (Phi) is 7.48. The summed E-state index contributed by atoms with van der Waals surface area (Å²) >= 11 is 0. The highest BCUT2D eigenvalue weighted by atomic mass is 16.6. The molecule has 1 saturated heterocycles. The zero-order valence-corrected chi connectivity index (χ0v) is 21.1. The van der Waals surface area contributed by atoms with Crippen LogP contribution in [0.1, 0.15) is 29.3 Å². The second-order valence-electron chi connectivity index (χ2n) is 9.45. The van der Waals surface area contributed by atoms with Crippen molar-refractivity contribution in [1.82, 2.24) is 14.4 Å². The maximum absolute atomic E-state index is 13.6. The molecule has 0 radical (unpaired) electrons. The molecule has 8 heteroatoms. The van der Waals surface area contributed by atoms with Gasteiger partial charge in [-0.3, -0.25) is 19.8 Å². The molecule has 0 bridgehead atoms. The minimum absolute atomic E-state index is 0.0202. The van der Waals surface area contributed by atoms with Crippen LogP contribution in [0, 0.1) is 10.1 Å². The van der Waals surface area contributed by atoms with Crippen molar-refractivity contribution in [1.29, 1.82) is 0 Å². The Bertz CT molecular complexity index is 1410. The van der Waals surface area contributed by atoms with Gasteiger partial charge in [0.25, 0.3) is 11.6 Å². The molecule has 2 heterocycles. The maximum Gasteiger partial charge on any atom is 0.269 e. The summed E-state index contributed by atoms with van der Waals surface area (Å²) in [6, 6.07) is 20.8. The molecule has 0 aliphatic carbocycles. The lowest BCUT2D eigenvalue weighted by Crippen LogP contribution is -2.39. The molecule has 0 spiro atoms. The Balaban J connectivity index is 1.41. The van der Waals surface area contributed by atoms with E-state index in [1.807, 2.05) is 4.90 Å². The van der Waals surface area contributed by atoms with Gasteiger partial charge in [-0.2, -0.15) is 0 Å². The van der Waals surface area contributed by atoms with Crippen LogP contribution in [0.5, 0.6) is 0 Å². The van der Waals surface area contributed by atoms with Crippen LogP contribution in [0.2, 0.25) is 0 Å². The standard InChI is InChI=1S/C29H32N4O4/c1-2-32-27-7-4-3-6-25(27)26-20-22(8-13-28(26)32)21-31(15-5-14-30-16-18-37-19-17-30)29(34)23-9-11-24(12-10-23)33(35)36/h3-4,6-13,20H,2,5,14-19,21H2,1H3. The van der Waals surface area contributed by atoms with Gasteiger partial charge in [0, 0.05) is 78.8 Å². The van der Waals surface area contributed by atoms with E-state index in [1.165, 1.54) is 33.9 Å². The van der Waals surface area contributed by atoms with Crippen LogP contribution < -0.4 is 0 Å². The highest BCUT2D eigenvalue weighted by Gasteiger charge is 2.19. The summed E-state index contributed by atoms with van der Waals surface area (Å²) in [5, 5.41) is 13.5. The van der Waals surface area contributed by atoms with E-state index in [1.54, 1.807) is 12.1 Å². The number of ether oxygens (including phenoxy) is 1. The predicted octanol–water partition coefficient (Wildman–Crippen LogP) is 5.09. The van der Waals surface area contributed by atoms with Gasteiger partial charge in [0.2, 0.25) is 0 Å². The predicted molar refractivity (Wildman–Crippen MR) is 145 cm³/mol. The number of morpholine rings is 1. The lowest BCUT2D eigenvalue weighted by atomic mass is 10.1. The molecule has 0 atom stereocenters. The number of carbonyl (C=O) groups is 1. The summed E-state index contributed by atoms with van der Waals surface area (Å²) in [6.07, 6.45) is 0.843. The Labute approximate surface area is 216 Å². The first kappa shape index (κ1) is 24.9. The molecule has 0 N–H and O–H groups in total. The van der Waals surface area contributed by atoms with Gasteiger partial charge in [0.15, 0.2) is 0 Å². The topological polar surface area (TPSA) is 80.8 Å². The third-order valence-corrected chi connectivity index (χ3v) is 7.14. The number of hydrogen-bond donors (Lipinski definition) is 0. The average Bonchev–Trinajstić information content (AvgIpc) is 3.25. The van der Waals surface area contributed by atoms with Crippen molar-refractivity contribution < 1.29 is 14.5 Å². The van der Waals surface area contributed by atoms with Crippen LogP contribution in [-0.2, 0) is 17.8 Å². The van der Waals surface area contributed by atoms with E-state index >= 15 is 0 Å². The monoisotopic (exact) mass is 500 g/mol. The zero-order valence-electron chi connectivity index (χ0n) is 21.1. The van der Waals surface area contributed by atoms with E-state index in [0.717, 1.165) is 51.4 Å². The Hall–Kier alpha value is -3.75. The van der Waals surface area contributed by atoms with E-state index in [0.29, 0.717) is 18.7 Å². The number of amides is 1. The highest BCUT2D eigenvalue weighted by Crippen LogP contribution is 2.30. The van der Waals surface area contributed by atoms with Crippen LogP contribution in [0.25, 0.3) is 21.8 Å². The fraction of sp³-hybridized carbons (Fsp3) is 0.345. The molecular weight excluding hydrogens is 468 g/mol. The van der Waals surface area contributed by atoms with E-state index < -0.39 is 4.92 Å². The SMILES string of the molecule is CCn1c2ccccc2c2cc(CN(CCCN3CCOCC3)C(=O)c3ccc([N+](=O)[O-])cc3)ccc21. The molecule has 8 nitrogen and oxygen atoms in total. The number of aromatic nitrogens is 1. The van der Waals surface area contributed by atoms with Crippen LogP contribution in [0.15, 0.2) is 66.7 Å². The lowest BCUT2D eigenvalue weighted by molar-refractivity contribution is -0.384. The first-order valence-electron chi connectivity index (χ1n) is 12.9. The van der Waals surface area contributed by atoms with Gasteiger partial charge in [-0.25, -0.2) is 0 Å². The molecule has 1 aliphatic rings. The molecular formula is C29H32N4O4. The van der Waals surface area contributed by atoms with Gasteiger partial charge in [-0.1, -0.05) is 24.3 Å². The molecule has 4 aromatic rings. The zero-order chi connectivity index (χ0) is 25.8. The Morgan fingerprint density at radius 2 is 1.73 bits per heavy atom. The minimum atomic E-state index is -0.448. The highest BCUT2D eigenvalue weighted by molar-refractivity contribution is 6.08. The number of nitrogens with zero attached hydrogens (tertiary/aromatic N) is 4. The van der Waals surface area contributed by atoms with Crippen LogP contribution in [0.3, 0.4) is 0 Å². The van der Waals surface area contributed by atoms with Crippen molar-refractivity contribution in [2.75, 3.05) is 39.4 Å². The quantitative estimate of drug-likeness (QED) is 0.236. The van der Waals surface area contributed by atoms with Gasteiger partial charge in [0.05, 0.1) is 18.1 Å². The lowest BCUT2D eigenvalue weighted by Gasteiger charge is -2.28. The summed E-state index contributed by atoms with van der Waals surface area (Å²) in [4.78, 5) is 28.4. The number of non-ortho nitro benzene ring substituents is 1. The molecule has 1 amide bonds. The fourth-order valence-electron chi connectivity index (χ4n) is 5.23. The first-order chi connectivity index (χ1) is 18.0. The van der Waals surface area contributed by atoms with Crippen LogP contribution in [0.4, 0.5) is 5.69 Å². The number of carbonyl (C=O) groups excluding carboxylic acids is 1. The summed E-state index contributed by atoms with van der Waals surface area (Å²) < 4.78 is 7.76. The third kappa shape index (κ3) is 5.35. The van der Waals surface area contributed by atoms with Gasteiger partial charge >= 0.3 is 0 Å². The molecule has 1 aliphatic heterocycles. The summed E-state index contributed by atoms with van der Waals surface area (Å²) in [5.74, 6) is -0.118. The number of fused-ring (bicyclic) bond motifs is 3. The van der Waals surface area contributed by atoms with Gasteiger partial charge in [0.1, 0.15) is 0 Å². The second-order valence-corrected chi connectivity index (χ2v) is 9.45. The number of rotatable bonds is 9. The maximum atomic E-state index is 13.6. The van der Waals surface area contributed by atoms with Crippen molar-refractivity contribution in [3.63, 3.8) is 0 Å². The number of nitro groups is 1. The van der Waals surface area contributed by atoms with Crippen molar-refractivity contribution in [3.8, 4) is 0 Å². The summed E-state index contributed by atoms with van der Waals surface area (Å²) in [6.45, 7) is 8.32. The van der Waals surface area contributed by atoms with Gasteiger partial charge < -0.3 is 14.2 Å². The second kappa shape index (κ2) is 11.1.